The van der Waals surface area contributed by atoms with Gasteiger partial charge in [-0.2, -0.15) is 0 Å². The Labute approximate surface area is 113 Å². The molecule has 0 aliphatic carbocycles. The van der Waals surface area contributed by atoms with Crippen molar-refractivity contribution in [3.05, 3.63) is 29.3 Å². The number of carbonyl (C=O) groups excluding carboxylic acids is 1. The number of β-amino-alcohol motifs (C(OH)–C–C–N with tert-alkyl or cyclic N) is 1. The number of nitrogens with zero attached hydrogens (tertiary/aromatic N) is 1. The first-order valence-corrected chi connectivity index (χ1v) is 6.68. The SMILES string of the molecule is CCC(O)c1ccc2c(c1)C(C)(C)C(=O)N2CCO. The van der Waals surface area contributed by atoms with Gasteiger partial charge in [0.25, 0.3) is 0 Å². The molecule has 1 amide bonds. The number of fused-ring (bicyclic) bond motifs is 1. The summed E-state index contributed by atoms with van der Waals surface area (Å²) >= 11 is 0. The zero-order chi connectivity index (χ0) is 14.2. The molecular formula is C15H21NO3. The maximum absolute atomic E-state index is 12.4. The molecule has 0 saturated heterocycles. The van der Waals surface area contributed by atoms with E-state index in [9.17, 15) is 9.90 Å². The molecule has 0 fully saturated rings. The minimum atomic E-state index is -0.603. The summed E-state index contributed by atoms with van der Waals surface area (Å²) in [7, 11) is 0. The van der Waals surface area contributed by atoms with Crippen molar-refractivity contribution in [3.8, 4) is 0 Å². The first-order chi connectivity index (χ1) is 8.93. The molecule has 4 nitrogen and oxygen atoms in total. The number of carbonyl (C=O) groups is 1. The normalized spacial score (nSPS) is 18.6. The van der Waals surface area contributed by atoms with Crippen molar-refractivity contribution in [2.45, 2.75) is 38.7 Å². The molecule has 0 spiro atoms. The van der Waals surface area contributed by atoms with Crippen molar-refractivity contribution in [1.29, 1.82) is 0 Å². The van der Waals surface area contributed by atoms with Gasteiger partial charge in [-0.05, 0) is 37.5 Å². The van der Waals surface area contributed by atoms with E-state index >= 15 is 0 Å². The Bertz CT molecular complexity index is 496. The van der Waals surface area contributed by atoms with Crippen LogP contribution in [-0.2, 0) is 10.2 Å². The number of rotatable bonds is 4. The molecule has 1 aliphatic heterocycles. The van der Waals surface area contributed by atoms with Gasteiger partial charge in [-0.25, -0.2) is 0 Å². The van der Waals surface area contributed by atoms with Gasteiger partial charge in [0.15, 0.2) is 0 Å². The van der Waals surface area contributed by atoms with Gasteiger partial charge < -0.3 is 15.1 Å². The Morgan fingerprint density at radius 1 is 1.37 bits per heavy atom. The maximum Gasteiger partial charge on any atom is 0.237 e. The topological polar surface area (TPSA) is 60.8 Å². The van der Waals surface area contributed by atoms with Crippen LogP contribution in [0.2, 0.25) is 0 Å². The fraction of sp³-hybridized carbons (Fsp3) is 0.533. The van der Waals surface area contributed by atoms with Crippen LogP contribution in [0.1, 0.15) is 44.4 Å². The van der Waals surface area contributed by atoms with Crippen LogP contribution in [0.25, 0.3) is 0 Å². The number of amides is 1. The third kappa shape index (κ3) is 2.15. The largest absolute Gasteiger partial charge is 0.395 e. The van der Waals surface area contributed by atoms with Crippen LogP contribution in [0.3, 0.4) is 0 Å². The van der Waals surface area contributed by atoms with Gasteiger partial charge in [0.1, 0.15) is 0 Å². The minimum absolute atomic E-state index is 0.000289. The Morgan fingerprint density at radius 2 is 2.05 bits per heavy atom. The van der Waals surface area contributed by atoms with Crippen LogP contribution in [0.4, 0.5) is 5.69 Å². The number of hydrogen-bond acceptors (Lipinski definition) is 3. The lowest BCUT2D eigenvalue weighted by Crippen LogP contribution is -2.37. The van der Waals surface area contributed by atoms with Gasteiger partial charge in [0.05, 0.1) is 18.1 Å². The standard InChI is InChI=1S/C15H21NO3/c1-4-13(18)10-5-6-12-11(9-10)15(2,3)14(19)16(12)7-8-17/h5-6,9,13,17-18H,4,7-8H2,1-3H3. The molecule has 19 heavy (non-hydrogen) atoms. The Hall–Kier alpha value is -1.39. The Morgan fingerprint density at radius 3 is 2.63 bits per heavy atom. The predicted octanol–water partition coefficient (Wildman–Crippen LogP) is 1.75. The second-order valence-electron chi connectivity index (χ2n) is 5.51. The molecule has 0 saturated carbocycles. The van der Waals surface area contributed by atoms with Crippen molar-refractivity contribution in [2.24, 2.45) is 0 Å². The molecule has 1 aromatic rings. The van der Waals surface area contributed by atoms with Crippen LogP contribution in [0, 0.1) is 0 Å². The molecule has 1 aliphatic rings. The van der Waals surface area contributed by atoms with Gasteiger partial charge >= 0.3 is 0 Å². The van der Waals surface area contributed by atoms with E-state index in [1.165, 1.54) is 0 Å². The predicted molar refractivity (Wildman–Crippen MR) is 74.2 cm³/mol. The third-order valence-electron chi connectivity index (χ3n) is 3.86. The summed E-state index contributed by atoms with van der Waals surface area (Å²) in [6, 6.07) is 5.64. The van der Waals surface area contributed by atoms with Crippen molar-refractivity contribution in [2.75, 3.05) is 18.1 Å². The van der Waals surface area contributed by atoms with Crippen LogP contribution < -0.4 is 4.90 Å². The Balaban J connectivity index is 2.50. The number of hydrogen-bond donors (Lipinski definition) is 2. The van der Waals surface area contributed by atoms with Crippen LogP contribution in [-0.4, -0.2) is 29.3 Å². The van der Waals surface area contributed by atoms with E-state index in [4.69, 9.17) is 5.11 Å². The van der Waals surface area contributed by atoms with Gasteiger partial charge in [0, 0.05) is 12.2 Å². The van der Waals surface area contributed by atoms with E-state index < -0.39 is 11.5 Å². The van der Waals surface area contributed by atoms with E-state index in [1.807, 2.05) is 39.0 Å². The van der Waals surface area contributed by atoms with Crippen molar-refractivity contribution < 1.29 is 15.0 Å². The summed E-state index contributed by atoms with van der Waals surface area (Å²) < 4.78 is 0. The molecule has 2 N–H and O–H groups in total. The number of aliphatic hydroxyl groups is 2. The lowest BCUT2D eigenvalue weighted by molar-refractivity contribution is -0.122. The third-order valence-corrected chi connectivity index (χ3v) is 3.86. The lowest BCUT2D eigenvalue weighted by atomic mass is 9.85. The second-order valence-corrected chi connectivity index (χ2v) is 5.51. The fourth-order valence-electron chi connectivity index (χ4n) is 2.62. The summed E-state index contributed by atoms with van der Waals surface area (Å²) in [4.78, 5) is 14.0. The van der Waals surface area contributed by atoms with Crippen LogP contribution in [0.5, 0.6) is 0 Å². The van der Waals surface area contributed by atoms with Crippen molar-refractivity contribution in [3.63, 3.8) is 0 Å². The summed E-state index contributed by atoms with van der Waals surface area (Å²) in [5.74, 6) is -0.000289. The van der Waals surface area contributed by atoms with Gasteiger partial charge in [-0.1, -0.05) is 19.1 Å². The van der Waals surface area contributed by atoms with E-state index in [0.29, 0.717) is 13.0 Å². The first-order valence-electron chi connectivity index (χ1n) is 6.68. The van der Waals surface area contributed by atoms with E-state index in [0.717, 1.165) is 16.8 Å². The lowest BCUT2D eigenvalue weighted by Gasteiger charge is -2.19. The highest BCUT2D eigenvalue weighted by Gasteiger charge is 2.43. The van der Waals surface area contributed by atoms with Gasteiger partial charge in [-0.15, -0.1) is 0 Å². The fourth-order valence-corrected chi connectivity index (χ4v) is 2.62. The van der Waals surface area contributed by atoms with Crippen molar-refractivity contribution >= 4 is 11.6 Å². The van der Waals surface area contributed by atoms with Crippen molar-refractivity contribution in [1.82, 2.24) is 0 Å². The minimum Gasteiger partial charge on any atom is -0.395 e. The second kappa shape index (κ2) is 4.94. The zero-order valence-electron chi connectivity index (χ0n) is 11.7. The smallest absolute Gasteiger partial charge is 0.237 e. The van der Waals surface area contributed by atoms with Crippen LogP contribution in [0.15, 0.2) is 18.2 Å². The summed E-state index contributed by atoms with van der Waals surface area (Å²) in [5, 5.41) is 19.0. The zero-order valence-corrected chi connectivity index (χ0v) is 11.7. The Kier molecular flexibility index (Phi) is 3.65. The molecule has 1 heterocycles. The molecule has 1 atom stereocenters. The summed E-state index contributed by atoms with van der Waals surface area (Å²) in [5.41, 5.74) is 2.01. The molecule has 1 unspecified atom stereocenters. The van der Waals surface area contributed by atoms with Gasteiger partial charge in [-0.3, -0.25) is 4.79 Å². The highest BCUT2D eigenvalue weighted by atomic mass is 16.3. The van der Waals surface area contributed by atoms with E-state index in [2.05, 4.69) is 0 Å². The highest BCUT2D eigenvalue weighted by molar-refractivity contribution is 6.07. The van der Waals surface area contributed by atoms with E-state index in [1.54, 1.807) is 4.90 Å². The van der Waals surface area contributed by atoms with E-state index in [-0.39, 0.29) is 12.5 Å². The number of benzene rings is 1. The maximum atomic E-state index is 12.4. The molecule has 0 aromatic heterocycles. The highest BCUT2D eigenvalue weighted by Crippen LogP contribution is 2.42. The summed E-state index contributed by atoms with van der Waals surface area (Å²) in [6.07, 6.45) is 0.149. The molecule has 0 radical (unpaired) electrons. The molecule has 104 valence electrons. The molecule has 2 rings (SSSR count). The monoisotopic (exact) mass is 263 g/mol. The molecule has 0 bridgehead atoms. The first kappa shape index (κ1) is 14.0. The number of aliphatic hydroxyl groups excluding tert-OH is 2. The average Bonchev–Trinajstić information content (AvgIpc) is 2.59. The number of anilines is 1. The quantitative estimate of drug-likeness (QED) is 0.870. The average molecular weight is 263 g/mol. The molecule has 4 heteroatoms. The molecule has 1 aromatic carbocycles. The van der Waals surface area contributed by atoms with Gasteiger partial charge in [0.2, 0.25) is 5.91 Å². The molecular weight excluding hydrogens is 242 g/mol. The van der Waals surface area contributed by atoms with Crippen LogP contribution >= 0.6 is 0 Å². The summed E-state index contributed by atoms with van der Waals surface area (Å²) in [6.45, 7) is 5.94.